The van der Waals surface area contributed by atoms with Gasteiger partial charge < -0.3 is 24.1 Å². The lowest BCUT2D eigenvalue weighted by Gasteiger charge is -2.11. The Bertz CT molecular complexity index is 1070. The lowest BCUT2D eigenvalue weighted by atomic mass is 10.1. The molecule has 164 valence electrons. The van der Waals surface area contributed by atoms with E-state index in [9.17, 15) is 4.79 Å². The smallest absolute Gasteiger partial charge is 0.234 e. The molecule has 1 amide bonds. The van der Waals surface area contributed by atoms with Crippen LogP contribution in [0, 0.1) is 13.8 Å². The molecule has 3 rings (SSSR count). The normalized spacial score (nSPS) is 10.6. The fraction of sp³-hybridized carbons (Fsp3) is 0.318. The number of benzene rings is 2. The van der Waals surface area contributed by atoms with Gasteiger partial charge in [-0.3, -0.25) is 4.79 Å². The predicted octanol–water partition coefficient (Wildman–Crippen LogP) is 3.76. The Kier molecular flexibility index (Phi) is 7.41. The number of thioether (sulfide) groups is 1. The monoisotopic (exact) mass is 442 g/mol. The van der Waals surface area contributed by atoms with Gasteiger partial charge in [0.05, 0.1) is 25.7 Å². The Balaban J connectivity index is 1.57. The number of carbonyl (C=O) groups excluding carboxylic acids is 1. The van der Waals surface area contributed by atoms with Gasteiger partial charge in [0.2, 0.25) is 5.91 Å². The summed E-state index contributed by atoms with van der Waals surface area (Å²) in [5.74, 6) is 2.69. The zero-order valence-electron chi connectivity index (χ0n) is 18.3. The van der Waals surface area contributed by atoms with Crippen molar-refractivity contribution in [2.75, 3.05) is 25.3 Å². The first kappa shape index (κ1) is 22.5. The summed E-state index contributed by atoms with van der Waals surface area (Å²) >= 11 is 1.30. The van der Waals surface area contributed by atoms with Crippen molar-refractivity contribution >= 4 is 23.4 Å². The fourth-order valence-corrected chi connectivity index (χ4v) is 3.57. The van der Waals surface area contributed by atoms with Crippen LogP contribution in [0.15, 0.2) is 41.6 Å². The fourth-order valence-electron chi connectivity index (χ4n) is 2.84. The minimum atomic E-state index is -0.176. The van der Waals surface area contributed by atoms with Gasteiger partial charge in [0, 0.05) is 13.1 Å². The van der Waals surface area contributed by atoms with Gasteiger partial charge in [-0.25, -0.2) is 0 Å². The average Bonchev–Trinajstić information content (AvgIpc) is 3.13. The number of aryl methyl sites for hydroxylation is 1. The Morgan fingerprint density at radius 3 is 2.65 bits per heavy atom. The molecule has 0 unspecified atom stereocenters. The van der Waals surface area contributed by atoms with E-state index in [4.69, 9.17) is 14.2 Å². The Labute approximate surface area is 185 Å². The van der Waals surface area contributed by atoms with Crippen molar-refractivity contribution in [3.8, 4) is 17.2 Å². The summed E-state index contributed by atoms with van der Waals surface area (Å²) in [4.78, 5) is 12.4. The lowest BCUT2D eigenvalue weighted by molar-refractivity contribution is -0.113. The number of nitrogens with zero attached hydrogens (tertiary/aromatic N) is 3. The quantitative estimate of drug-likeness (QED) is 0.505. The molecule has 8 nitrogen and oxygen atoms in total. The van der Waals surface area contributed by atoms with Gasteiger partial charge in [-0.2, -0.15) is 0 Å². The van der Waals surface area contributed by atoms with Gasteiger partial charge in [0.1, 0.15) is 23.9 Å². The molecule has 1 N–H and O–H groups in total. The van der Waals surface area contributed by atoms with Gasteiger partial charge in [0.15, 0.2) is 11.0 Å². The molecule has 0 aliphatic rings. The van der Waals surface area contributed by atoms with Crippen molar-refractivity contribution in [3.63, 3.8) is 0 Å². The SMILES string of the molecule is COc1ccc(NC(=O)CSc2nnc(COc3cccc(C)c3C)n2C)c(OC)c1. The standard InChI is InChI=1S/C22H26N4O4S/c1-14-7-6-8-18(15(14)2)30-12-20-24-25-22(26(20)3)31-13-21(27)23-17-10-9-16(28-4)11-19(17)29-5/h6-11H,12-13H2,1-5H3,(H,23,27). The number of hydrogen-bond acceptors (Lipinski definition) is 7. The highest BCUT2D eigenvalue weighted by Gasteiger charge is 2.14. The minimum Gasteiger partial charge on any atom is -0.497 e. The number of nitrogens with one attached hydrogen (secondary N) is 1. The van der Waals surface area contributed by atoms with Crippen LogP contribution in [0.25, 0.3) is 0 Å². The number of ether oxygens (including phenoxy) is 3. The molecule has 3 aromatic rings. The van der Waals surface area contributed by atoms with Crippen LogP contribution in [0.2, 0.25) is 0 Å². The summed E-state index contributed by atoms with van der Waals surface area (Å²) in [7, 11) is 4.97. The second-order valence-corrected chi connectivity index (χ2v) is 7.79. The molecule has 0 fully saturated rings. The van der Waals surface area contributed by atoms with E-state index >= 15 is 0 Å². The van der Waals surface area contributed by atoms with Crippen LogP contribution in [-0.2, 0) is 18.4 Å². The van der Waals surface area contributed by atoms with E-state index in [1.807, 2.05) is 43.7 Å². The summed E-state index contributed by atoms with van der Waals surface area (Å²) < 4.78 is 18.2. The summed E-state index contributed by atoms with van der Waals surface area (Å²) in [5.41, 5.74) is 2.85. The summed E-state index contributed by atoms with van der Waals surface area (Å²) in [6.07, 6.45) is 0. The summed E-state index contributed by atoms with van der Waals surface area (Å²) in [6, 6.07) is 11.2. The zero-order valence-corrected chi connectivity index (χ0v) is 19.1. The Morgan fingerprint density at radius 1 is 1.10 bits per heavy atom. The maximum Gasteiger partial charge on any atom is 0.234 e. The topological polar surface area (TPSA) is 87.5 Å². The molecule has 0 spiro atoms. The van der Waals surface area contributed by atoms with Crippen molar-refractivity contribution in [3.05, 3.63) is 53.3 Å². The number of hydrogen-bond donors (Lipinski definition) is 1. The minimum absolute atomic E-state index is 0.176. The van der Waals surface area contributed by atoms with E-state index < -0.39 is 0 Å². The van der Waals surface area contributed by atoms with Crippen LogP contribution in [0.5, 0.6) is 17.2 Å². The number of carbonyl (C=O) groups is 1. The number of amides is 1. The van der Waals surface area contributed by atoms with Crippen LogP contribution in [-0.4, -0.2) is 40.6 Å². The first-order valence-corrected chi connectivity index (χ1v) is 10.6. The number of rotatable bonds is 9. The van der Waals surface area contributed by atoms with Gasteiger partial charge >= 0.3 is 0 Å². The van der Waals surface area contributed by atoms with Gasteiger partial charge in [0.25, 0.3) is 0 Å². The molecule has 0 saturated carbocycles. The predicted molar refractivity (Wildman–Crippen MR) is 120 cm³/mol. The molecule has 1 heterocycles. The molecule has 0 aliphatic heterocycles. The summed E-state index contributed by atoms with van der Waals surface area (Å²) in [5, 5.41) is 11.9. The van der Waals surface area contributed by atoms with Crippen LogP contribution < -0.4 is 19.5 Å². The zero-order chi connectivity index (χ0) is 22.4. The largest absolute Gasteiger partial charge is 0.497 e. The van der Waals surface area contributed by atoms with Crippen LogP contribution in [0.3, 0.4) is 0 Å². The summed E-state index contributed by atoms with van der Waals surface area (Å²) in [6.45, 7) is 4.37. The first-order valence-electron chi connectivity index (χ1n) is 9.65. The molecule has 9 heteroatoms. The first-order chi connectivity index (χ1) is 14.9. The molecule has 0 radical (unpaired) electrons. The number of aromatic nitrogens is 3. The van der Waals surface area contributed by atoms with Crippen LogP contribution in [0.1, 0.15) is 17.0 Å². The van der Waals surface area contributed by atoms with Crippen LogP contribution >= 0.6 is 11.8 Å². The maximum atomic E-state index is 12.4. The van der Waals surface area contributed by atoms with Crippen LogP contribution in [0.4, 0.5) is 5.69 Å². The van der Waals surface area contributed by atoms with Gasteiger partial charge in [-0.05, 0) is 43.2 Å². The lowest BCUT2D eigenvalue weighted by Crippen LogP contribution is -2.15. The molecule has 0 bridgehead atoms. The van der Waals surface area contributed by atoms with Crippen molar-refractivity contribution in [1.29, 1.82) is 0 Å². The van der Waals surface area contributed by atoms with Crippen molar-refractivity contribution in [2.24, 2.45) is 7.05 Å². The van der Waals surface area contributed by atoms with Crippen molar-refractivity contribution in [1.82, 2.24) is 14.8 Å². The number of methoxy groups -OCH3 is 2. The van der Waals surface area contributed by atoms with E-state index in [-0.39, 0.29) is 11.7 Å². The van der Waals surface area contributed by atoms with Crippen molar-refractivity contribution in [2.45, 2.75) is 25.6 Å². The second-order valence-electron chi connectivity index (χ2n) is 6.85. The van der Waals surface area contributed by atoms with E-state index in [2.05, 4.69) is 15.5 Å². The van der Waals surface area contributed by atoms with Gasteiger partial charge in [-0.1, -0.05) is 23.9 Å². The molecule has 2 aromatic carbocycles. The Hall–Kier alpha value is -3.20. The van der Waals surface area contributed by atoms with E-state index in [1.165, 1.54) is 17.3 Å². The molecule has 0 atom stereocenters. The molecule has 31 heavy (non-hydrogen) atoms. The van der Waals surface area contributed by atoms with E-state index in [1.54, 1.807) is 32.4 Å². The highest BCUT2D eigenvalue weighted by molar-refractivity contribution is 7.99. The molecular weight excluding hydrogens is 416 g/mol. The highest BCUT2D eigenvalue weighted by Crippen LogP contribution is 2.29. The van der Waals surface area contributed by atoms with E-state index in [0.717, 1.165) is 11.3 Å². The maximum absolute atomic E-state index is 12.4. The third-order valence-corrected chi connectivity index (χ3v) is 5.87. The third kappa shape index (κ3) is 5.49. The second kappa shape index (κ2) is 10.2. The number of anilines is 1. The highest BCUT2D eigenvalue weighted by atomic mass is 32.2. The molecule has 0 aliphatic carbocycles. The Morgan fingerprint density at radius 2 is 1.90 bits per heavy atom. The van der Waals surface area contributed by atoms with Gasteiger partial charge in [-0.15, -0.1) is 10.2 Å². The van der Waals surface area contributed by atoms with Crippen molar-refractivity contribution < 1.29 is 19.0 Å². The third-order valence-electron chi connectivity index (χ3n) is 4.85. The average molecular weight is 443 g/mol. The van der Waals surface area contributed by atoms with E-state index in [0.29, 0.717) is 34.8 Å². The molecule has 1 aromatic heterocycles. The molecular formula is C22H26N4O4S. The molecule has 0 saturated heterocycles.